The smallest absolute Gasteiger partial charge is 0.326 e. The molecule has 8 heteroatoms. The Morgan fingerprint density at radius 1 is 0.905 bits per heavy atom. The van der Waals surface area contributed by atoms with E-state index < -0.39 is 12.0 Å². The van der Waals surface area contributed by atoms with Gasteiger partial charge in [0.2, 0.25) is 5.69 Å². The molecule has 2 aromatic carbocycles. The molecule has 2 aliphatic rings. The molecule has 0 saturated carbocycles. The maximum Gasteiger partial charge on any atom is 0.326 e. The molecule has 4 nitrogen and oxygen atoms in total. The zero-order chi connectivity index (χ0) is 31.0. The van der Waals surface area contributed by atoms with E-state index in [1.807, 2.05) is 18.2 Å². The molecular weight excluding hydrogens is 976 g/mol. The van der Waals surface area contributed by atoms with Crippen LogP contribution < -0.4 is 4.90 Å². The fourth-order valence-electron chi connectivity index (χ4n) is 6.24. The number of fused-ring (bicyclic) bond motifs is 2. The van der Waals surface area contributed by atoms with Gasteiger partial charge in [0.15, 0.2) is 5.71 Å². The van der Waals surface area contributed by atoms with Gasteiger partial charge in [-0.05, 0) is 135 Å². The van der Waals surface area contributed by atoms with Crippen molar-refractivity contribution < 1.29 is 14.5 Å². The lowest BCUT2D eigenvalue weighted by Crippen LogP contribution is -2.41. The number of carbonyl (C=O) groups is 1. The predicted molar refractivity (Wildman–Crippen MR) is 210 cm³/mol. The Balaban J connectivity index is 1.61. The van der Waals surface area contributed by atoms with Crippen molar-refractivity contribution in [3.05, 3.63) is 97.9 Å². The van der Waals surface area contributed by atoms with Crippen LogP contribution in [0.4, 0.5) is 11.4 Å². The molecule has 0 spiro atoms. The minimum absolute atomic E-state index is 0.0736. The van der Waals surface area contributed by atoms with Crippen molar-refractivity contribution >= 4 is 113 Å². The largest absolute Gasteiger partial charge is 0.480 e. The van der Waals surface area contributed by atoms with Crippen molar-refractivity contribution in [3.63, 3.8) is 0 Å². The molecule has 0 aromatic heterocycles. The number of aliphatic carboxylic acids is 1. The van der Waals surface area contributed by atoms with Crippen molar-refractivity contribution in [3.8, 4) is 0 Å². The van der Waals surface area contributed by atoms with Crippen LogP contribution in [0.25, 0.3) is 0 Å². The van der Waals surface area contributed by atoms with Crippen molar-refractivity contribution in [1.82, 2.24) is 0 Å². The number of halogens is 4. The fourth-order valence-corrected chi connectivity index (χ4v) is 11.2. The Morgan fingerprint density at radius 2 is 1.50 bits per heavy atom. The van der Waals surface area contributed by atoms with Gasteiger partial charge in [-0.2, -0.15) is 4.58 Å². The van der Waals surface area contributed by atoms with E-state index in [0.717, 1.165) is 27.8 Å². The highest BCUT2D eigenvalue weighted by Crippen LogP contribution is 2.51. The standard InChI is InChI=1S/C34H36I4N2O2/c1-7-8-14-25(32(41)42)40-27-20-22(36)18-24(38)31(27)34(4,5)29(40)16-13-11-9-10-12-15-28-33(2,3)30-23(37)17-21(35)19-26(30)39(28)6/h9-13,15-20,25H,7-8,14H2,1-6H3/p+1. The summed E-state index contributed by atoms with van der Waals surface area (Å²) in [4.78, 5) is 14.6. The van der Waals surface area contributed by atoms with Crippen LogP contribution in [0.3, 0.4) is 0 Å². The Morgan fingerprint density at radius 3 is 2.14 bits per heavy atom. The van der Waals surface area contributed by atoms with E-state index in [-0.39, 0.29) is 10.8 Å². The molecule has 2 heterocycles. The number of allylic oxidation sites excluding steroid dienone is 8. The van der Waals surface area contributed by atoms with E-state index in [2.05, 4.69) is 190 Å². The van der Waals surface area contributed by atoms with Gasteiger partial charge in [0.1, 0.15) is 13.1 Å². The number of nitrogens with zero attached hydrogens (tertiary/aromatic N) is 2. The lowest BCUT2D eigenvalue weighted by Gasteiger charge is -2.32. The number of unbranched alkanes of at least 4 members (excludes halogenated alkanes) is 1. The SMILES string of the molecule is CCCCC(C(=O)O)N1\C(=C/C=C/C=C/C=C/C2=[N+](C)c3cc(I)cc(I)c3C2(C)C)C(C)(C)c2c(I)cc(I)cc21. The van der Waals surface area contributed by atoms with Gasteiger partial charge < -0.3 is 10.0 Å². The van der Waals surface area contributed by atoms with Crippen LogP contribution in [0, 0.1) is 14.3 Å². The van der Waals surface area contributed by atoms with Gasteiger partial charge in [-0.3, -0.25) is 0 Å². The van der Waals surface area contributed by atoms with Gasteiger partial charge >= 0.3 is 5.97 Å². The lowest BCUT2D eigenvalue weighted by atomic mass is 9.81. The third-order valence-electron chi connectivity index (χ3n) is 8.22. The highest BCUT2D eigenvalue weighted by molar-refractivity contribution is 14.1. The summed E-state index contributed by atoms with van der Waals surface area (Å²) in [6.07, 6.45) is 17.0. The van der Waals surface area contributed by atoms with Gasteiger partial charge in [0.05, 0.1) is 11.0 Å². The predicted octanol–water partition coefficient (Wildman–Crippen LogP) is 10.1. The summed E-state index contributed by atoms with van der Waals surface area (Å²) < 4.78 is 7.14. The van der Waals surface area contributed by atoms with Crippen LogP contribution in [0.1, 0.15) is 65.0 Å². The van der Waals surface area contributed by atoms with Crippen LogP contribution >= 0.6 is 90.4 Å². The average molecular weight is 1010 g/mol. The molecule has 1 atom stereocenters. The molecular formula is C34H37I4N2O2+. The molecule has 0 saturated heterocycles. The Labute approximate surface area is 305 Å². The first kappa shape index (κ1) is 34.1. The second kappa shape index (κ2) is 13.7. The maximum atomic E-state index is 12.5. The molecule has 1 N–H and O–H groups in total. The van der Waals surface area contributed by atoms with Crippen molar-refractivity contribution in [2.45, 2.75) is 70.8 Å². The van der Waals surface area contributed by atoms with E-state index in [4.69, 9.17) is 0 Å². The van der Waals surface area contributed by atoms with Crippen LogP contribution in [0.5, 0.6) is 0 Å². The van der Waals surface area contributed by atoms with Gasteiger partial charge in [-0.15, -0.1) is 0 Å². The molecule has 42 heavy (non-hydrogen) atoms. The van der Waals surface area contributed by atoms with Crippen LogP contribution in [-0.4, -0.2) is 34.5 Å². The van der Waals surface area contributed by atoms with Crippen LogP contribution in [0.2, 0.25) is 0 Å². The molecule has 2 aliphatic heterocycles. The van der Waals surface area contributed by atoms with Gasteiger partial charge in [0.25, 0.3) is 0 Å². The average Bonchev–Trinajstić information content (AvgIpc) is 3.21. The van der Waals surface area contributed by atoms with Crippen LogP contribution in [0.15, 0.2) is 72.5 Å². The summed E-state index contributed by atoms with van der Waals surface area (Å²) >= 11 is 9.58. The zero-order valence-electron chi connectivity index (χ0n) is 24.8. The lowest BCUT2D eigenvalue weighted by molar-refractivity contribution is -0.401. The second-order valence-electron chi connectivity index (χ2n) is 11.8. The Hall–Kier alpha value is -0.740. The fraction of sp³-hybridized carbons (Fsp3) is 0.353. The summed E-state index contributed by atoms with van der Waals surface area (Å²) in [5.74, 6) is -0.773. The second-order valence-corrected chi connectivity index (χ2v) is 16.6. The summed E-state index contributed by atoms with van der Waals surface area (Å²) in [7, 11) is 2.15. The minimum Gasteiger partial charge on any atom is -0.480 e. The molecule has 0 fully saturated rings. The van der Waals surface area contributed by atoms with E-state index in [9.17, 15) is 9.90 Å². The topological polar surface area (TPSA) is 43.5 Å². The number of carboxylic acid groups (broad SMARTS) is 1. The summed E-state index contributed by atoms with van der Waals surface area (Å²) in [6, 6.07) is 8.22. The van der Waals surface area contributed by atoms with E-state index in [1.54, 1.807) is 0 Å². The Bertz CT molecular complexity index is 1560. The molecule has 2 aromatic rings. The van der Waals surface area contributed by atoms with Crippen molar-refractivity contribution in [2.75, 3.05) is 11.9 Å². The quantitative estimate of drug-likeness (QED) is 0.155. The first-order valence-electron chi connectivity index (χ1n) is 14.1. The van der Waals surface area contributed by atoms with Gasteiger partial charge in [-0.25, -0.2) is 4.79 Å². The van der Waals surface area contributed by atoms with E-state index in [0.29, 0.717) is 6.42 Å². The normalized spacial score (nSPS) is 19.1. The molecule has 1 unspecified atom stereocenters. The first-order chi connectivity index (χ1) is 19.7. The first-order valence-corrected chi connectivity index (χ1v) is 18.4. The Kier molecular flexibility index (Phi) is 11.1. The molecule has 0 amide bonds. The number of carboxylic acids is 1. The summed E-state index contributed by atoms with van der Waals surface area (Å²) in [6.45, 7) is 11.1. The molecule has 4 rings (SSSR count). The number of hydrogen-bond acceptors (Lipinski definition) is 2. The van der Waals surface area contributed by atoms with Gasteiger partial charge in [0, 0.05) is 48.8 Å². The van der Waals surface area contributed by atoms with E-state index in [1.165, 1.54) is 33.2 Å². The monoisotopic (exact) mass is 1010 g/mol. The van der Waals surface area contributed by atoms with Crippen LogP contribution in [-0.2, 0) is 15.6 Å². The van der Waals surface area contributed by atoms with Gasteiger partial charge in [-0.1, -0.05) is 64.0 Å². The zero-order valence-corrected chi connectivity index (χ0v) is 33.4. The third-order valence-corrected chi connectivity index (χ3v) is 11.2. The van der Waals surface area contributed by atoms with Crippen molar-refractivity contribution in [1.29, 1.82) is 0 Å². The maximum absolute atomic E-state index is 12.5. The number of rotatable bonds is 9. The third kappa shape index (κ3) is 6.61. The molecule has 222 valence electrons. The molecule has 0 aliphatic carbocycles. The molecule has 0 bridgehead atoms. The van der Waals surface area contributed by atoms with Crippen molar-refractivity contribution in [2.24, 2.45) is 0 Å². The van der Waals surface area contributed by atoms with E-state index >= 15 is 0 Å². The number of hydrogen-bond donors (Lipinski definition) is 1. The highest BCUT2D eigenvalue weighted by atomic mass is 127. The highest BCUT2D eigenvalue weighted by Gasteiger charge is 2.46. The summed E-state index contributed by atoms with van der Waals surface area (Å²) in [5, 5.41) is 10.3. The molecule has 0 radical (unpaired) electrons. The minimum atomic E-state index is -0.773. The number of anilines is 1. The summed E-state index contributed by atoms with van der Waals surface area (Å²) in [5.41, 5.74) is 6.78. The number of benzene rings is 2.